The van der Waals surface area contributed by atoms with Crippen LogP contribution in [0.15, 0.2) is 29.8 Å². The number of anilines is 1. The van der Waals surface area contributed by atoms with E-state index in [9.17, 15) is 10.1 Å². The number of aryl methyl sites for hydroxylation is 1. The summed E-state index contributed by atoms with van der Waals surface area (Å²) in [6.45, 7) is 5.61. The lowest BCUT2D eigenvalue weighted by atomic mass is 10.1. The number of hydrogen-bond acceptors (Lipinski definition) is 5. The highest BCUT2D eigenvalue weighted by molar-refractivity contribution is 6.09. The largest absolute Gasteiger partial charge is 0.497 e. The molecule has 1 aliphatic rings. The second-order valence-corrected chi connectivity index (χ2v) is 7.30. The average molecular weight is 409 g/mol. The first-order chi connectivity index (χ1) is 14.4. The molecular weight excluding hydrogens is 382 g/mol. The molecule has 1 fully saturated rings. The highest BCUT2D eigenvalue weighted by atomic mass is 16.5. The molecule has 1 aromatic carbocycles. The van der Waals surface area contributed by atoms with Crippen molar-refractivity contribution in [2.45, 2.75) is 39.3 Å². The van der Waals surface area contributed by atoms with Crippen LogP contribution in [0.3, 0.4) is 0 Å². The Morgan fingerprint density at radius 2 is 1.97 bits per heavy atom. The maximum Gasteiger partial charge on any atom is 0.266 e. The lowest BCUT2D eigenvalue weighted by Crippen LogP contribution is -2.17. The highest BCUT2D eigenvalue weighted by Crippen LogP contribution is 2.27. The topological polar surface area (TPSA) is 85.5 Å². The maximum absolute atomic E-state index is 12.7. The third-order valence-corrected chi connectivity index (χ3v) is 5.30. The Balaban J connectivity index is 1.82. The Morgan fingerprint density at radius 3 is 2.53 bits per heavy atom. The smallest absolute Gasteiger partial charge is 0.266 e. The summed E-state index contributed by atoms with van der Waals surface area (Å²) in [5, 5.41) is 12.3. The standard InChI is InChI=1S/C23H27N3O4/c1-15-8-17(16(2)26(15)14-20-6-5-7-30-20)9-18(13-24)23(27)25-19-10-21(28-3)12-22(11-19)29-4/h8-12,20H,5-7,14H2,1-4H3,(H,25,27)/b18-9+/t20-/m0/s1. The van der Waals surface area contributed by atoms with E-state index in [2.05, 4.69) is 9.88 Å². The van der Waals surface area contributed by atoms with Crippen LogP contribution in [-0.4, -0.2) is 37.4 Å². The number of benzene rings is 1. The molecule has 1 aliphatic heterocycles. The van der Waals surface area contributed by atoms with Crippen LogP contribution in [0.1, 0.15) is 29.8 Å². The molecule has 0 radical (unpaired) electrons. The molecule has 1 atom stereocenters. The van der Waals surface area contributed by atoms with Crippen LogP contribution in [-0.2, 0) is 16.1 Å². The lowest BCUT2D eigenvalue weighted by Gasteiger charge is -2.14. The molecule has 0 spiro atoms. The van der Waals surface area contributed by atoms with E-state index >= 15 is 0 Å². The van der Waals surface area contributed by atoms with Crippen molar-refractivity contribution >= 4 is 17.7 Å². The van der Waals surface area contributed by atoms with Crippen molar-refractivity contribution in [3.63, 3.8) is 0 Å². The van der Waals surface area contributed by atoms with E-state index in [4.69, 9.17) is 14.2 Å². The molecule has 7 heteroatoms. The molecule has 1 saturated heterocycles. The zero-order chi connectivity index (χ0) is 21.7. The van der Waals surface area contributed by atoms with Crippen LogP contribution >= 0.6 is 0 Å². The summed E-state index contributed by atoms with van der Waals surface area (Å²) in [5.41, 5.74) is 3.44. The van der Waals surface area contributed by atoms with E-state index in [1.165, 1.54) is 14.2 Å². The normalized spacial score (nSPS) is 16.2. The van der Waals surface area contributed by atoms with Gasteiger partial charge in [0.15, 0.2) is 0 Å². The molecule has 1 amide bonds. The van der Waals surface area contributed by atoms with E-state index in [1.54, 1.807) is 24.3 Å². The summed E-state index contributed by atoms with van der Waals surface area (Å²) in [7, 11) is 3.07. The fourth-order valence-electron chi connectivity index (χ4n) is 3.63. The van der Waals surface area contributed by atoms with Gasteiger partial charge in [-0.25, -0.2) is 0 Å². The predicted molar refractivity (Wildman–Crippen MR) is 115 cm³/mol. The van der Waals surface area contributed by atoms with E-state index < -0.39 is 5.91 Å². The van der Waals surface area contributed by atoms with E-state index in [0.717, 1.165) is 42.9 Å². The van der Waals surface area contributed by atoms with Crippen molar-refractivity contribution in [1.29, 1.82) is 5.26 Å². The van der Waals surface area contributed by atoms with Crippen molar-refractivity contribution in [3.05, 3.63) is 46.8 Å². The minimum atomic E-state index is -0.489. The zero-order valence-corrected chi connectivity index (χ0v) is 17.8. The molecule has 2 heterocycles. The van der Waals surface area contributed by atoms with Crippen LogP contribution < -0.4 is 14.8 Å². The SMILES string of the molecule is COc1cc(NC(=O)/C(C#N)=C/c2cc(C)n(C[C@@H]3CCCO3)c2C)cc(OC)c1. The van der Waals surface area contributed by atoms with Crippen molar-refractivity contribution in [1.82, 2.24) is 4.57 Å². The number of hydrogen-bond donors (Lipinski definition) is 1. The molecule has 0 unspecified atom stereocenters. The predicted octanol–water partition coefficient (Wildman–Crippen LogP) is 3.85. The molecule has 0 aliphatic carbocycles. The molecule has 158 valence electrons. The van der Waals surface area contributed by atoms with Crippen molar-refractivity contribution < 1.29 is 19.0 Å². The van der Waals surface area contributed by atoms with Crippen LogP contribution in [0.5, 0.6) is 11.5 Å². The Morgan fingerprint density at radius 1 is 1.27 bits per heavy atom. The number of amides is 1. The van der Waals surface area contributed by atoms with Gasteiger partial charge in [-0.05, 0) is 44.4 Å². The van der Waals surface area contributed by atoms with Crippen molar-refractivity contribution in [2.75, 3.05) is 26.1 Å². The van der Waals surface area contributed by atoms with Crippen LogP contribution in [0.2, 0.25) is 0 Å². The number of carbonyl (C=O) groups excluding carboxylic acids is 1. The highest BCUT2D eigenvalue weighted by Gasteiger charge is 2.19. The summed E-state index contributed by atoms with van der Waals surface area (Å²) in [6, 6.07) is 9.05. The van der Waals surface area contributed by atoms with Crippen molar-refractivity contribution in [2.24, 2.45) is 0 Å². The van der Waals surface area contributed by atoms with Gasteiger partial charge in [0.05, 0.1) is 20.3 Å². The minimum Gasteiger partial charge on any atom is -0.497 e. The monoisotopic (exact) mass is 409 g/mol. The number of rotatable bonds is 7. The molecule has 2 aromatic rings. The zero-order valence-electron chi connectivity index (χ0n) is 17.8. The summed E-state index contributed by atoms with van der Waals surface area (Å²) in [6.07, 6.45) is 3.98. The third kappa shape index (κ3) is 4.84. The van der Waals surface area contributed by atoms with Crippen LogP contribution in [0, 0.1) is 25.2 Å². The summed E-state index contributed by atoms with van der Waals surface area (Å²) in [4.78, 5) is 12.7. The van der Waals surface area contributed by atoms with Crippen LogP contribution in [0.4, 0.5) is 5.69 Å². The molecule has 3 rings (SSSR count). The van der Waals surface area contributed by atoms with Gasteiger partial charge in [0, 0.05) is 48.4 Å². The molecule has 0 bridgehead atoms. The van der Waals surface area contributed by atoms with Gasteiger partial charge in [0.1, 0.15) is 23.1 Å². The average Bonchev–Trinajstić information content (AvgIpc) is 3.35. The van der Waals surface area contributed by atoms with Gasteiger partial charge in [-0.2, -0.15) is 5.26 Å². The van der Waals surface area contributed by atoms with Gasteiger partial charge >= 0.3 is 0 Å². The Kier molecular flexibility index (Phi) is 6.80. The summed E-state index contributed by atoms with van der Waals surface area (Å²) >= 11 is 0. The van der Waals surface area contributed by atoms with E-state index in [0.29, 0.717) is 17.2 Å². The fourth-order valence-corrected chi connectivity index (χ4v) is 3.63. The Bertz CT molecular complexity index is 972. The molecule has 7 nitrogen and oxygen atoms in total. The number of nitrogens with one attached hydrogen (secondary N) is 1. The molecular formula is C23H27N3O4. The number of aromatic nitrogens is 1. The lowest BCUT2D eigenvalue weighted by molar-refractivity contribution is -0.112. The summed E-state index contributed by atoms with van der Waals surface area (Å²) in [5.74, 6) is 0.603. The third-order valence-electron chi connectivity index (χ3n) is 5.30. The van der Waals surface area contributed by atoms with E-state index in [-0.39, 0.29) is 11.7 Å². The number of nitriles is 1. The number of methoxy groups -OCH3 is 2. The fraction of sp³-hybridized carbons (Fsp3) is 0.391. The first kappa shape index (κ1) is 21.5. The van der Waals surface area contributed by atoms with Crippen molar-refractivity contribution in [3.8, 4) is 17.6 Å². The number of nitrogens with zero attached hydrogens (tertiary/aromatic N) is 2. The molecule has 1 N–H and O–H groups in total. The van der Waals surface area contributed by atoms with Gasteiger partial charge in [0.2, 0.25) is 0 Å². The maximum atomic E-state index is 12.7. The van der Waals surface area contributed by atoms with E-state index in [1.807, 2.05) is 26.0 Å². The second-order valence-electron chi connectivity index (χ2n) is 7.30. The van der Waals surface area contributed by atoms with Gasteiger partial charge in [-0.3, -0.25) is 4.79 Å². The Hall–Kier alpha value is -3.24. The number of carbonyl (C=O) groups is 1. The van der Waals surface area contributed by atoms with Gasteiger partial charge in [-0.1, -0.05) is 0 Å². The second kappa shape index (κ2) is 9.51. The Labute approximate surface area is 176 Å². The molecule has 30 heavy (non-hydrogen) atoms. The quantitative estimate of drug-likeness (QED) is 0.555. The van der Waals surface area contributed by atoms with Gasteiger partial charge in [-0.15, -0.1) is 0 Å². The molecule has 1 aromatic heterocycles. The first-order valence-corrected chi connectivity index (χ1v) is 9.89. The first-order valence-electron chi connectivity index (χ1n) is 9.89. The number of ether oxygens (including phenoxy) is 3. The minimum absolute atomic E-state index is 0.0224. The van der Waals surface area contributed by atoms with Crippen LogP contribution in [0.25, 0.3) is 6.08 Å². The van der Waals surface area contributed by atoms with Gasteiger partial charge < -0.3 is 24.1 Å². The van der Waals surface area contributed by atoms with Gasteiger partial charge in [0.25, 0.3) is 5.91 Å². The molecule has 0 saturated carbocycles. The summed E-state index contributed by atoms with van der Waals surface area (Å²) < 4.78 is 18.4.